The Labute approximate surface area is 108 Å². The number of halogens is 3. The van der Waals surface area contributed by atoms with Gasteiger partial charge in [-0.3, -0.25) is 4.79 Å². The Morgan fingerprint density at radius 2 is 2.16 bits per heavy atom. The number of aromatic nitrogens is 2. The van der Waals surface area contributed by atoms with Crippen LogP contribution in [0.4, 0.5) is 18.9 Å². The summed E-state index contributed by atoms with van der Waals surface area (Å²) >= 11 is 0. The number of rotatable bonds is 5. The Kier molecular flexibility index (Phi) is 4.93. The monoisotopic (exact) mass is 278 g/mol. The zero-order valence-corrected chi connectivity index (χ0v) is 10.8. The van der Waals surface area contributed by atoms with Gasteiger partial charge in [0, 0.05) is 26.2 Å². The van der Waals surface area contributed by atoms with Crippen molar-refractivity contribution in [2.45, 2.75) is 25.6 Å². The number of anilines is 1. The molecule has 0 saturated carbocycles. The lowest BCUT2D eigenvalue weighted by molar-refractivity contribution is -0.168. The highest BCUT2D eigenvalue weighted by Crippen LogP contribution is 2.28. The number of alkyl halides is 3. The average Bonchev–Trinajstić information content (AvgIpc) is 2.30. The highest BCUT2D eigenvalue weighted by atomic mass is 19.4. The van der Waals surface area contributed by atoms with E-state index in [0.29, 0.717) is 16.9 Å². The predicted molar refractivity (Wildman–Crippen MR) is 66.2 cm³/mol. The van der Waals surface area contributed by atoms with Gasteiger partial charge in [0.05, 0.1) is 11.9 Å². The van der Waals surface area contributed by atoms with E-state index < -0.39 is 24.3 Å². The van der Waals surface area contributed by atoms with E-state index in [1.165, 1.54) is 6.20 Å². The highest BCUT2D eigenvalue weighted by Gasteiger charge is 2.41. The van der Waals surface area contributed by atoms with Crippen molar-refractivity contribution in [3.05, 3.63) is 22.6 Å². The van der Waals surface area contributed by atoms with Gasteiger partial charge in [-0.05, 0) is 6.42 Å². The Balaban J connectivity index is 3.10. The second-order valence-corrected chi connectivity index (χ2v) is 4.21. The summed E-state index contributed by atoms with van der Waals surface area (Å²) in [5.41, 5.74) is 4.75. The van der Waals surface area contributed by atoms with Crippen LogP contribution in [0.2, 0.25) is 0 Å². The van der Waals surface area contributed by atoms with Gasteiger partial charge in [-0.1, -0.05) is 6.92 Å². The summed E-state index contributed by atoms with van der Waals surface area (Å²) in [6.07, 6.45) is -2.50. The Morgan fingerprint density at radius 1 is 1.53 bits per heavy atom. The van der Waals surface area contributed by atoms with Gasteiger partial charge in [0.2, 0.25) is 0 Å². The van der Waals surface area contributed by atoms with Crippen molar-refractivity contribution in [1.82, 2.24) is 9.78 Å². The maximum absolute atomic E-state index is 12.7. The normalized spacial score (nSPS) is 13.4. The molecule has 0 aliphatic carbocycles. The molecule has 1 aromatic heterocycles. The van der Waals surface area contributed by atoms with Crippen molar-refractivity contribution in [2.24, 2.45) is 5.73 Å². The molecular formula is C11H17F3N4O. The molecule has 1 atom stereocenters. The summed E-state index contributed by atoms with van der Waals surface area (Å²) in [5, 5.41) is 3.58. The van der Waals surface area contributed by atoms with E-state index in [0.717, 1.165) is 12.5 Å². The van der Waals surface area contributed by atoms with Crippen molar-refractivity contribution in [3.8, 4) is 0 Å². The lowest BCUT2D eigenvalue weighted by atomic mass is 10.3. The smallest absolute Gasteiger partial charge is 0.373 e. The lowest BCUT2D eigenvalue weighted by Gasteiger charge is -2.22. The molecule has 2 N–H and O–H groups in total. The summed E-state index contributed by atoms with van der Waals surface area (Å²) in [6.45, 7) is 1.92. The fraction of sp³-hybridized carbons (Fsp3) is 0.636. The number of hydrogen-bond acceptors (Lipinski definition) is 4. The molecule has 0 bridgehead atoms. The number of hydrogen-bond donors (Lipinski definition) is 1. The molecule has 1 heterocycles. The lowest BCUT2D eigenvalue weighted by Crippen LogP contribution is -2.40. The molecule has 0 saturated heterocycles. The standard InChI is InChI=1S/C11H17F3N4O/c1-3-4-17(2)8-5-10(19)18(16-7-8)9(6-15)11(12,13)14/h5,7,9H,3-4,6,15H2,1-2H3. The van der Waals surface area contributed by atoms with Crippen LogP contribution in [-0.2, 0) is 0 Å². The van der Waals surface area contributed by atoms with Crippen LogP contribution in [0.15, 0.2) is 17.1 Å². The zero-order valence-electron chi connectivity index (χ0n) is 10.8. The Bertz CT molecular complexity index is 472. The van der Waals surface area contributed by atoms with Gasteiger partial charge in [-0.25, -0.2) is 4.68 Å². The molecule has 0 spiro atoms. The summed E-state index contributed by atoms with van der Waals surface area (Å²) in [7, 11) is 1.74. The second kappa shape index (κ2) is 6.05. The fourth-order valence-corrected chi connectivity index (χ4v) is 1.69. The molecule has 0 amide bonds. The van der Waals surface area contributed by atoms with Gasteiger partial charge < -0.3 is 10.6 Å². The van der Waals surface area contributed by atoms with Gasteiger partial charge in [-0.2, -0.15) is 18.3 Å². The summed E-state index contributed by atoms with van der Waals surface area (Å²) in [5.74, 6) is 0. The second-order valence-electron chi connectivity index (χ2n) is 4.21. The van der Waals surface area contributed by atoms with Crippen LogP contribution in [0, 0.1) is 0 Å². The Morgan fingerprint density at radius 3 is 2.58 bits per heavy atom. The van der Waals surface area contributed by atoms with Crippen LogP contribution in [-0.4, -0.2) is 36.1 Å². The quantitative estimate of drug-likeness (QED) is 0.877. The van der Waals surface area contributed by atoms with Crippen molar-refractivity contribution in [1.29, 1.82) is 0 Å². The molecule has 1 aromatic rings. The van der Waals surface area contributed by atoms with E-state index in [-0.39, 0.29) is 0 Å². The van der Waals surface area contributed by atoms with E-state index in [1.54, 1.807) is 11.9 Å². The van der Waals surface area contributed by atoms with Crippen LogP contribution in [0.5, 0.6) is 0 Å². The van der Waals surface area contributed by atoms with Gasteiger partial charge >= 0.3 is 6.18 Å². The number of nitrogens with two attached hydrogens (primary N) is 1. The van der Waals surface area contributed by atoms with E-state index in [2.05, 4.69) is 5.10 Å². The molecule has 0 aromatic carbocycles. The first-order valence-corrected chi connectivity index (χ1v) is 5.88. The minimum Gasteiger partial charge on any atom is -0.373 e. The molecule has 1 rings (SSSR count). The molecule has 5 nitrogen and oxygen atoms in total. The summed E-state index contributed by atoms with van der Waals surface area (Å²) < 4.78 is 38.4. The first kappa shape index (κ1) is 15.5. The SMILES string of the molecule is CCCN(C)c1cnn(C(CN)C(F)(F)F)c(=O)c1. The minimum atomic E-state index is -4.59. The van der Waals surface area contributed by atoms with E-state index in [4.69, 9.17) is 5.73 Å². The highest BCUT2D eigenvalue weighted by molar-refractivity contribution is 5.41. The zero-order chi connectivity index (χ0) is 14.6. The van der Waals surface area contributed by atoms with E-state index in [9.17, 15) is 18.0 Å². The van der Waals surface area contributed by atoms with Gasteiger partial charge in [-0.15, -0.1) is 0 Å². The maximum atomic E-state index is 12.7. The predicted octanol–water partition coefficient (Wildman–Crippen LogP) is 1.15. The van der Waals surface area contributed by atoms with Crippen LogP contribution in [0.25, 0.3) is 0 Å². The molecule has 8 heteroatoms. The first-order chi connectivity index (χ1) is 8.81. The van der Waals surface area contributed by atoms with Crippen LogP contribution in [0.1, 0.15) is 19.4 Å². The third-order valence-electron chi connectivity index (χ3n) is 2.71. The topological polar surface area (TPSA) is 64.2 Å². The molecule has 0 aliphatic rings. The van der Waals surface area contributed by atoms with Gasteiger partial charge in [0.25, 0.3) is 5.56 Å². The fourth-order valence-electron chi connectivity index (χ4n) is 1.69. The van der Waals surface area contributed by atoms with Crippen molar-refractivity contribution < 1.29 is 13.2 Å². The molecule has 1 unspecified atom stereocenters. The molecule has 0 fully saturated rings. The van der Waals surface area contributed by atoms with E-state index >= 15 is 0 Å². The molecule has 0 radical (unpaired) electrons. The maximum Gasteiger partial charge on any atom is 0.412 e. The molecule has 0 aliphatic heterocycles. The average molecular weight is 278 g/mol. The third kappa shape index (κ3) is 3.69. The van der Waals surface area contributed by atoms with Crippen molar-refractivity contribution in [2.75, 3.05) is 25.0 Å². The van der Waals surface area contributed by atoms with Crippen LogP contribution < -0.4 is 16.2 Å². The minimum absolute atomic E-state index is 0.378. The summed E-state index contributed by atoms with van der Waals surface area (Å²) in [6, 6.07) is -0.956. The van der Waals surface area contributed by atoms with Crippen molar-refractivity contribution >= 4 is 5.69 Å². The summed E-state index contributed by atoms with van der Waals surface area (Å²) in [4.78, 5) is 13.5. The first-order valence-electron chi connectivity index (χ1n) is 5.88. The largest absolute Gasteiger partial charge is 0.412 e. The van der Waals surface area contributed by atoms with Crippen LogP contribution >= 0.6 is 0 Å². The van der Waals surface area contributed by atoms with Crippen molar-refractivity contribution in [3.63, 3.8) is 0 Å². The molecular weight excluding hydrogens is 261 g/mol. The van der Waals surface area contributed by atoms with Gasteiger partial charge in [0.1, 0.15) is 0 Å². The van der Waals surface area contributed by atoms with Crippen LogP contribution in [0.3, 0.4) is 0 Å². The molecule has 19 heavy (non-hydrogen) atoms. The third-order valence-corrected chi connectivity index (χ3v) is 2.71. The van der Waals surface area contributed by atoms with E-state index in [1.807, 2.05) is 6.92 Å². The number of nitrogens with zero attached hydrogens (tertiary/aromatic N) is 3. The Hall–Kier alpha value is -1.57. The van der Waals surface area contributed by atoms with Gasteiger partial charge in [0.15, 0.2) is 6.04 Å². The molecule has 108 valence electrons.